The van der Waals surface area contributed by atoms with Crippen molar-refractivity contribution in [1.29, 1.82) is 0 Å². The first-order chi connectivity index (χ1) is 14.5. The summed E-state index contributed by atoms with van der Waals surface area (Å²) >= 11 is 5.96. The van der Waals surface area contributed by atoms with Gasteiger partial charge in [-0.1, -0.05) is 25.4 Å². The number of pyridine rings is 1. The highest BCUT2D eigenvalue weighted by Crippen LogP contribution is 2.38. The fraction of sp³-hybridized carbons (Fsp3) is 0.524. The number of Topliss-reactive ketones (excluding diaryl/α,β-unsaturated/α-hetero) is 1. The minimum absolute atomic E-state index is 0.00722. The van der Waals surface area contributed by atoms with Crippen molar-refractivity contribution >= 4 is 34.0 Å². The Labute approximate surface area is 183 Å². The van der Waals surface area contributed by atoms with E-state index in [-0.39, 0.29) is 28.2 Å². The molecule has 0 aliphatic carbocycles. The van der Waals surface area contributed by atoms with Crippen LogP contribution in [0, 0.1) is 5.92 Å². The summed E-state index contributed by atoms with van der Waals surface area (Å²) in [5.41, 5.74) is -2.64. The lowest BCUT2D eigenvalue weighted by atomic mass is 9.97. The summed E-state index contributed by atoms with van der Waals surface area (Å²) in [5.74, 6) is -1.04. The van der Waals surface area contributed by atoms with E-state index in [2.05, 4.69) is 10.3 Å². The van der Waals surface area contributed by atoms with Crippen molar-refractivity contribution in [3.05, 3.63) is 38.6 Å². The minimum Gasteiger partial charge on any atom is -0.384 e. The molecule has 2 N–H and O–H groups in total. The fourth-order valence-corrected chi connectivity index (χ4v) is 3.41. The summed E-state index contributed by atoms with van der Waals surface area (Å²) in [5, 5.41) is 2.80. The van der Waals surface area contributed by atoms with Gasteiger partial charge in [-0.25, -0.2) is 0 Å². The number of carbonyl (C=O) groups excluding carboxylic acids is 1. The smallest absolute Gasteiger partial charge is 0.384 e. The van der Waals surface area contributed by atoms with Crippen LogP contribution in [-0.2, 0) is 15.7 Å². The molecule has 6 nitrogen and oxygen atoms in total. The molecule has 1 aromatic carbocycles. The number of H-pyrrole nitrogens is 1. The molecule has 0 aliphatic heterocycles. The van der Waals surface area contributed by atoms with E-state index in [0.29, 0.717) is 19.6 Å². The van der Waals surface area contributed by atoms with Gasteiger partial charge < -0.3 is 19.8 Å². The highest BCUT2D eigenvalue weighted by molar-refractivity contribution is 6.31. The number of anilines is 1. The van der Waals surface area contributed by atoms with Gasteiger partial charge in [-0.05, 0) is 26.0 Å². The van der Waals surface area contributed by atoms with E-state index in [4.69, 9.17) is 21.1 Å². The van der Waals surface area contributed by atoms with Crippen LogP contribution in [0.5, 0.6) is 0 Å². The molecule has 10 heteroatoms. The average Bonchev–Trinajstić information content (AvgIpc) is 2.67. The molecule has 0 bridgehead atoms. The first kappa shape index (κ1) is 25.2. The number of fused-ring (bicyclic) bond motifs is 1. The van der Waals surface area contributed by atoms with Crippen LogP contribution < -0.4 is 10.9 Å². The topological polar surface area (TPSA) is 80.4 Å². The highest BCUT2D eigenvalue weighted by atomic mass is 35.5. The molecule has 0 spiro atoms. The molecular weight excluding hydrogens is 437 g/mol. The molecule has 172 valence electrons. The molecule has 0 saturated carbocycles. The normalized spacial score (nSPS) is 12.2. The van der Waals surface area contributed by atoms with Gasteiger partial charge in [0, 0.05) is 42.5 Å². The van der Waals surface area contributed by atoms with Crippen LogP contribution >= 0.6 is 11.6 Å². The van der Waals surface area contributed by atoms with E-state index in [1.807, 2.05) is 13.8 Å². The second-order valence-electron chi connectivity index (χ2n) is 7.15. The Morgan fingerprint density at radius 1 is 1.19 bits per heavy atom. The van der Waals surface area contributed by atoms with E-state index in [9.17, 15) is 22.8 Å². The van der Waals surface area contributed by atoms with Crippen LogP contribution in [0.1, 0.15) is 50.0 Å². The van der Waals surface area contributed by atoms with E-state index in [1.165, 1.54) is 6.07 Å². The maximum Gasteiger partial charge on any atom is 0.418 e. The third-order valence-electron chi connectivity index (χ3n) is 4.55. The van der Waals surface area contributed by atoms with E-state index in [0.717, 1.165) is 6.07 Å². The van der Waals surface area contributed by atoms with E-state index in [1.54, 1.807) is 13.8 Å². The highest BCUT2D eigenvalue weighted by Gasteiger charge is 2.35. The number of alkyl halides is 3. The monoisotopic (exact) mass is 462 g/mol. The summed E-state index contributed by atoms with van der Waals surface area (Å²) in [4.78, 5) is 27.7. The maximum absolute atomic E-state index is 13.6. The number of aromatic nitrogens is 1. The Morgan fingerprint density at radius 2 is 1.81 bits per heavy atom. The summed E-state index contributed by atoms with van der Waals surface area (Å²) < 4.78 is 51.7. The van der Waals surface area contributed by atoms with Crippen LogP contribution in [0.25, 0.3) is 10.9 Å². The van der Waals surface area contributed by atoms with E-state index >= 15 is 0 Å². The summed E-state index contributed by atoms with van der Waals surface area (Å²) in [6.07, 6.45) is -4.94. The third-order valence-corrected chi connectivity index (χ3v) is 4.77. The number of nitrogens with one attached hydrogen (secondary N) is 2. The van der Waals surface area contributed by atoms with Gasteiger partial charge in [0.05, 0.1) is 16.8 Å². The van der Waals surface area contributed by atoms with Gasteiger partial charge in [-0.2, -0.15) is 13.2 Å². The molecule has 2 aromatic rings. The van der Waals surface area contributed by atoms with Crippen LogP contribution in [-0.4, -0.2) is 36.8 Å². The summed E-state index contributed by atoms with van der Waals surface area (Å²) in [7, 11) is 0. The van der Waals surface area contributed by atoms with Crippen LogP contribution in [0.4, 0.5) is 18.9 Å². The molecule has 0 amide bonds. The Bertz CT molecular complexity index is 983. The van der Waals surface area contributed by atoms with Gasteiger partial charge in [-0.15, -0.1) is 0 Å². The van der Waals surface area contributed by atoms with Crippen LogP contribution in [0.15, 0.2) is 16.9 Å². The van der Waals surface area contributed by atoms with Crippen molar-refractivity contribution in [3.63, 3.8) is 0 Å². The quantitative estimate of drug-likeness (QED) is 0.373. The van der Waals surface area contributed by atoms with Crippen molar-refractivity contribution < 1.29 is 27.4 Å². The number of ether oxygens (including phenoxy) is 2. The standard InChI is InChI=1S/C21H26ClF3N2O4/c1-5-30-15(31-6-2)7-8-26-18-13-9-12(22)10-14(21(23,24)25)17(13)27-20(29)16(18)19(28)11(3)4/h9-11,15H,5-8H2,1-4H3,(H2,26,27,29). The largest absolute Gasteiger partial charge is 0.418 e. The Morgan fingerprint density at radius 3 is 2.32 bits per heavy atom. The van der Waals surface area contributed by atoms with Gasteiger partial charge in [0.2, 0.25) is 0 Å². The van der Waals surface area contributed by atoms with Crippen molar-refractivity contribution in [2.24, 2.45) is 5.92 Å². The Balaban J connectivity index is 2.64. The van der Waals surface area contributed by atoms with Crippen molar-refractivity contribution in [2.45, 2.75) is 46.6 Å². The average molecular weight is 463 g/mol. The van der Waals surface area contributed by atoms with Crippen molar-refractivity contribution in [1.82, 2.24) is 4.98 Å². The molecule has 0 aliphatic rings. The number of halogens is 4. The second-order valence-corrected chi connectivity index (χ2v) is 7.59. The Kier molecular flexibility index (Phi) is 8.50. The molecule has 0 radical (unpaired) electrons. The predicted molar refractivity (Wildman–Crippen MR) is 114 cm³/mol. The van der Waals surface area contributed by atoms with Crippen molar-refractivity contribution in [3.8, 4) is 0 Å². The van der Waals surface area contributed by atoms with Crippen LogP contribution in [0.2, 0.25) is 5.02 Å². The number of hydrogen-bond donors (Lipinski definition) is 2. The number of ketones is 1. The molecule has 2 rings (SSSR count). The molecule has 0 saturated heterocycles. The van der Waals surface area contributed by atoms with Crippen LogP contribution in [0.3, 0.4) is 0 Å². The molecule has 1 heterocycles. The molecule has 0 fully saturated rings. The number of hydrogen-bond acceptors (Lipinski definition) is 5. The van der Waals surface area contributed by atoms with E-state index < -0.39 is 40.8 Å². The lowest BCUT2D eigenvalue weighted by Gasteiger charge is -2.20. The number of benzene rings is 1. The van der Waals surface area contributed by atoms with Gasteiger partial charge in [0.25, 0.3) is 5.56 Å². The number of rotatable bonds is 10. The zero-order valence-electron chi connectivity index (χ0n) is 17.8. The van der Waals surface area contributed by atoms with Crippen molar-refractivity contribution in [2.75, 3.05) is 25.1 Å². The predicted octanol–water partition coefficient (Wildman–Crippen LogP) is 5.24. The molecular formula is C21H26ClF3N2O4. The van der Waals surface area contributed by atoms with Gasteiger partial charge >= 0.3 is 6.18 Å². The molecule has 0 atom stereocenters. The first-order valence-electron chi connectivity index (χ1n) is 9.99. The van der Waals surface area contributed by atoms with Gasteiger partial charge in [0.1, 0.15) is 5.56 Å². The number of aromatic amines is 1. The fourth-order valence-electron chi connectivity index (χ4n) is 3.20. The summed E-state index contributed by atoms with van der Waals surface area (Å²) in [6.45, 7) is 7.85. The lowest BCUT2D eigenvalue weighted by Crippen LogP contribution is -2.26. The minimum atomic E-state index is -4.75. The molecule has 0 unspecified atom stereocenters. The van der Waals surface area contributed by atoms with Gasteiger partial charge in [0.15, 0.2) is 12.1 Å². The lowest BCUT2D eigenvalue weighted by molar-refractivity contribution is -0.137. The zero-order valence-corrected chi connectivity index (χ0v) is 18.5. The SMILES string of the molecule is CCOC(CCNc1c(C(=O)C(C)C)c(=O)[nH]c2c(C(F)(F)F)cc(Cl)cc12)OCC. The molecule has 31 heavy (non-hydrogen) atoms. The maximum atomic E-state index is 13.6. The zero-order chi connectivity index (χ0) is 23.3. The third kappa shape index (κ3) is 5.99. The Hall–Kier alpha value is -2.10. The first-order valence-corrected chi connectivity index (χ1v) is 10.4. The summed E-state index contributed by atoms with van der Waals surface area (Å²) in [6, 6.07) is 2.04. The molecule has 1 aromatic heterocycles. The second kappa shape index (κ2) is 10.5. The number of carbonyl (C=O) groups is 1. The van der Waals surface area contributed by atoms with Gasteiger partial charge in [-0.3, -0.25) is 9.59 Å².